The number of aliphatic hydroxyl groups is 1. The maximum atomic E-state index is 10.3. The largest absolute Gasteiger partial charge is 0.491 e. The second-order valence-electron chi connectivity index (χ2n) is 7.75. The molecule has 3 rings (SSSR count). The molecule has 1 aliphatic rings. The van der Waals surface area contributed by atoms with Gasteiger partial charge >= 0.3 is 0 Å². The van der Waals surface area contributed by atoms with Gasteiger partial charge in [-0.3, -0.25) is 14.8 Å². The fourth-order valence-electron chi connectivity index (χ4n) is 3.44. The van der Waals surface area contributed by atoms with Crippen LogP contribution in [0, 0.1) is 0 Å². The molecule has 1 N–H and O–H groups in total. The van der Waals surface area contributed by atoms with Crippen molar-refractivity contribution in [2.45, 2.75) is 19.2 Å². The summed E-state index contributed by atoms with van der Waals surface area (Å²) in [5.74, 6) is 0.802. The van der Waals surface area contributed by atoms with E-state index < -0.39 is 6.10 Å². The van der Waals surface area contributed by atoms with E-state index >= 15 is 0 Å². The molecule has 0 aliphatic carbocycles. The van der Waals surface area contributed by atoms with E-state index in [9.17, 15) is 5.11 Å². The Morgan fingerprint density at radius 3 is 2.46 bits per heavy atom. The maximum absolute atomic E-state index is 10.3. The summed E-state index contributed by atoms with van der Waals surface area (Å²) < 4.78 is 5.78. The summed E-state index contributed by atoms with van der Waals surface area (Å²) in [7, 11) is 4.24. The SMILES string of the molecule is CN1CCN(CC(O)COc2ccc(CN(C)Cc3cccnc3)cc2)CC1. The number of piperazine rings is 1. The van der Waals surface area contributed by atoms with Crippen LogP contribution in [0.15, 0.2) is 48.8 Å². The number of ether oxygens (including phenoxy) is 1. The van der Waals surface area contributed by atoms with Gasteiger partial charge in [-0.05, 0) is 43.4 Å². The third-order valence-corrected chi connectivity index (χ3v) is 5.06. The molecule has 1 atom stereocenters. The molecule has 1 aromatic carbocycles. The first-order valence-electron chi connectivity index (χ1n) is 9.96. The smallest absolute Gasteiger partial charge is 0.119 e. The van der Waals surface area contributed by atoms with Crippen LogP contribution in [0.1, 0.15) is 11.1 Å². The van der Waals surface area contributed by atoms with E-state index in [4.69, 9.17) is 4.74 Å². The molecule has 1 saturated heterocycles. The Kier molecular flexibility index (Phi) is 7.80. The molecule has 6 nitrogen and oxygen atoms in total. The van der Waals surface area contributed by atoms with E-state index in [1.807, 2.05) is 24.4 Å². The second-order valence-corrected chi connectivity index (χ2v) is 7.75. The van der Waals surface area contributed by atoms with Crippen molar-refractivity contribution < 1.29 is 9.84 Å². The molecule has 2 aromatic rings. The number of aromatic nitrogens is 1. The van der Waals surface area contributed by atoms with Crippen molar-refractivity contribution in [3.05, 3.63) is 59.9 Å². The number of rotatable bonds is 9. The van der Waals surface area contributed by atoms with Crippen molar-refractivity contribution in [1.29, 1.82) is 0 Å². The third kappa shape index (κ3) is 6.87. The first-order chi connectivity index (χ1) is 13.6. The van der Waals surface area contributed by atoms with Crippen LogP contribution in [0.3, 0.4) is 0 Å². The zero-order valence-electron chi connectivity index (χ0n) is 17.0. The van der Waals surface area contributed by atoms with E-state index in [1.165, 1.54) is 11.1 Å². The number of hydrogen-bond donors (Lipinski definition) is 1. The Bertz CT molecular complexity index is 687. The van der Waals surface area contributed by atoms with Gasteiger partial charge in [0.1, 0.15) is 18.5 Å². The van der Waals surface area contributed by atoms with Crippen LogP contribution >= 0.6 is 0 Å². The lowest BCUT2D eigenvalue weighted by molar-refractivity contribution is 0.0505. The molecule has 0 radical (unpaired) electrons. The molecule has 1 aliphatic heterocycles. The van der Waals surface area contributed by atoms with Crippen LogP contribution in [0.2, 0.25) is 0 Å². The zero-order valence-corrected chi connectivity index (χ0v) is 17.0. The fraction of sp³-hybridized carbons (Fsp3) is 0.500. The number of aliphatic hydroxyl groups excluding tert-OH is 1. The third-order valence-electron chi connectivity index (χ3n) is 5.06. The Morgan fingerprint density at radius 2 is 1.79 bits per heavy atom. The Hall–Kier alpha value is -1.99. The number of hydrogen-bond acceptors (Lipinski definition) is 6. The molecule has 0 saturated carbocycles. The Balaban J connectivity index is 1.39. The molecule has 1 fully saturated rings. The highest BCUT2D eigenvalue weighted by atomic mass is 16.5. The van der Waals surface area contributed by atoms with Gasteiger partial charge in [0.15, 0.2) is 0 Å². The molecule has 1 unspecified atom stereocenters. The summed E-state index contributed by atoms with van der Waals surface area (Å²) in [6.45, 7) is 6.86. The molecule has 0 spiro atoms. The van der Waals surface area contributed by atoms with Crippen LogP contribution < -0.4 is 4.74 Å². The van der Waals surface area contributed by atoms with Crippen molar-refractivity contribution in [2.75, 3.05) is 53.4 Å². The quantitative estimate of drug-likeness (QED) is 0.710. The van der Waals surface area contributed by atoms with Crippen LogP contribution in [-0.4, -0.2) is 84.3 Å². The van der Waals surface area contributed by atoms with E-state index in [-0.39, 0.29) is 0 Å². The number of likely N-dealkylation sites (N-methyl/N-ethyl adjacent to an activating group) is 1. The van der Waals surface area contributed by atoms with Gasteiger partial charge in [0, 0.05) is 58.2 Å². The van der Waals surface area contributed by atoms with Crippen molar-refractivity contribution in [3.8, 4) is 5.75 Å². The molecular formula is C22H32N4O2. The van der Waals surface area contributed by atoms with E-state index in [0.717, 1.165) is 45.0 Å². The predicted octanol–water partition coefficient (Wildman–Crippen LogP) is 1.70. The van der Waals surface area contributed by atoms with Crippen LogP contribution in [0.5, 0.6) is 5.75 Å². The van der Waals surface area contributed by atoms with Crippen molar-refractivity contribution >= 4 is 0 Å². The highest BCUT2D eigenvalue weighted by molar-refractivity contribution is 5.27. The predicted molar refractivity (Wildman–Crippen MR) is 111 cm³/mol. The molecule has 1 aromatic heterocycles. The minimum Gasteiger partial charge on any atom is -0.491 e. The number of β-amino-alcohol motifs (C(OH)–C–C–N with tert-alkyl or cyclic N) is 1. The summed E-state index contributed by atoms with van der Waals surface area (Å²) in [6.07, 6.45) is 3.24. The molecule has 2 heterocycles. The van der Waals surface area contributed by atoms with E-state index in [0.29, 0.717) is 13.2 Å². The lowest BCUT2D eigenvalue weighted by Crippen LogP contribution is -2.47. The first kappa shape index (κ1) is 20.7. The lowest BCUT2D eigenvalue weighted by atomic mass is 10.2. The van der Waals surface area contributed by atoms with Gasteiger partial charge in [-0.25, -0.2) is 0 Å². The zero-order chi connectivity index (χ0) is 19.8. The van der Waals surface area contributed by atoms with E-state index in [1.54, 1.807) is 6.20 Å². The van der Waals surface area contributed by atoms with Gasteiger partial charge in [-0.1, -0.05) is 18.2 Å². The highest BCUT2D eigenvalue weighted by Crippen LogP contribution is 2.15. The standard InChI is InChI=1S/C22H32N4O2/c1-24-10-12-26(13-11-24)17-21(27)18-28-22-7-5-19(6-8-22)15-25(2)16-20-4-3-9-23-14-20/h3-9,14,21,27H,10-13,15-18H2,1-2H3. The molecule has 28 heavy (non-hydrogen) atoms. The average molecular weight is 385 g/mol. The fourth-order valence-corrected chi connectivity index (χ4v) is 3.44. The second kappa shape index (κ2) is 10.5. The summed E-state index contributed by atoms with van der Waals surface area (Å²) in [4.78, 5) is 11.0. The monoisotopic (exact) mass is 384 g/mol. The van der Waals surface area contributed by atoms with Crippen LogP contribution in [0.25, 0.3) is 0 Å². The minimum absolute atomic E-state index is 0.326. The van der Waals surface area contributed by atoms with Gasteiger partial charge in [-0.15, -0.1) is 0 Å². The van der Waals surface area contributed by atoms with Crippen LogP contribution in [0.4, 0.5) is 0 Å². The van der Waals surface area contributed by atoms with E-state index in [2.05, 4.69) is 52.0 Å². The molecule has 0 amide bonds. The van der Waals surface area contributed by atoms with Crippen molar-refractivity contribution in [1.82, 2.24) is 19.7 Å². The lowest BCUT2D eigenvalue weighted by Gasteiger charge is -2.33. The van der Waals surface area contributed by atoms with Gasteiger partial charge in [-0.2, -0.15) is 0 Å². The van der Waals surface area contributed by atoms with Gasteiger partial charge in [0.25, 0.3) is 0 Å². The Labute approximate surface area is 168 Å². The summed E-state index contributed by atoms with van der Waals surface area (Å²) in [6, 6.07) is 12.2. The van der Waals surface area contributed by atoms with Crippen molar-refractivity contribution in [2.24, 2.45) is 0 Å². The van der Waals surface area contributed by atoms with Gasteiger partial charge in [0.2, 0.25) is 0 Å². The number of benzene rings is 1. The van der Waals surface area contributed by atoms with Crippen molar-refractivity contribution in [3.63, 3.8) is 0 Å². The number of pyridine rings is 1. The topological polar surface area (TPSA) is 52.1 Å². The maximum Gasteiger partial charge on any atom is 0.119 e. The number of nitrogens with zero attached hydrogens (tertiary/aromatic N) is 4. The highest BCUT2D eigenvalue weighted by Gasteiger charge is 2.17. The van der Waals surface area contributed by atoms with Gasteiger partial charge in [0.05, 0.1) is 0 Å². The summed E-state index contributed by atoms with van der Waals surface area (Å²) in [5.41, 5.74) is 2.44. The average Bonchev–Trinajstić information content (AvgIpc) is 2.70. The molecular weight excluding hydrogens is 352 g/mol. The summed E-state index contributed by atoms with van der Waals surface area (Å²) in [5, 5.41) is 10.3. The minimum atomic E-state index is -0.464. The molecule has 6 heteroatoms. The van der Waals surface area contributed by atoms with Crippen LogP contribution in [-0.2, 0) is 13.1 Å². The van der Waals surface area contributed by atoms with Gasteiger partial charge < -0.3 is 14.7 Å². The molecule has 152 valence electrons. The first-order valence-corrected chi connectivity index (χ1v) is 9.96. The molecule has 0 bridgehead atoms. The Morgan fingerprint density at radius 1 is 1.07 bits per heavy atom. The normalized spacial score (nSPS) is 17.0. The summed E-state index contributed by atoms with van der Waals surface area (Å²) >= 11 is 0.